The average Bonchev–Trinajstić information content (AvgIpc) is 2.91. The summed E-state index contributed by atoms with van der Waals surface area (Å²) < 4.78 is 5.84. The fourth-order valence-electron chi connectivity index (χ4n) is 1.84. The van der Waals surface area contributed by atoms with Crippen LogP contribution in [0, 0.1) is 10.1 Å². The molecule has 1 atom stereocenters. The van der Waals surface area contributed by atoms with E-state index in [4.69, 9.17) is 4.42 Å². The molecular weight excluding hydrogens is 326 g/mol. The van der Waals surface area contributed by atoms with E-state index in [2.05, 4.69) is 26.2 Å². The largest absolute Gasteiger partial charge is 0.469 e. The van der Waals surface area contributed by atoms with Crippen LogP contribution >= 0.6 is 15.9 Å². The zero-order chi connectivity index (χ0) is 14.5. The second kappa shape index (κ2) is 6.51. The van der Waals surface area contributed by atoms with E-state index in [1.165, 1.54) is 12.4 Å². The summed E-state index contributed by atoms with van der Waals surface area (Å²) in [5, 5.41) is 14.1. The molecule has 0 aromatic carbocycles. The van der Waals surface area contributed by atoms with Crippen molar-refractivity contribution in [2.45, 2.75) is 25.8 Å². The quantitative estimate of drug-likeness (QED) is 0.639. The Morgan fingerprint density at radius 3 is 3.00 bits per heavy atom. The van der Waals surface area contributed by atoms with E-state index in [1.54, 1.807) is 6.26 Å². The van der Waals surface area contributed by atoms with Gasteiger partial charge in [0.1, 0.15) is 17.6 Å². The van der Waals surface area contributed by atoms with Crippen molar-refractivity contribution in [1.29, 1.82) is 0 Å². The van der Waals surface area contributed by atoms with E-state index in [0.29, 0.717) is 10.2 Å². The molecule has 2 aromatic rings. The summed E-state index contributed by atoms with van der Waals surface area (Å²) in [5.74, 6) is 0.905. The first kappa shape index (κ1) is 14.5. The Kier molecular flexibility index (Phi) is 4.73. The smallest absolute Gasteiger partial charge is 0.311 e. The maximum absolute atomic E-state index is 11.0. The van der Waals surface area contributed by atoms with Crippen LogP contribution < -0.4 is 5.32 Å². The van der Waals surface area contributed by atoms with E-state index >= 15 is 0 Å². The molecule has 1 unspecified atom stereocenters. The van der Waals surface area contributed by atoms with Gasteiger partial charge in [-0.15, -0.1) is 0 Å². The minimum Gasteiger partial charge on any atom is -0.469 e. The molecule has 6 nitrogen and oxygen atoms in total. The predicted octanol–water partition coefficient (Wildman–Crippen LogP) is 3.78. The van der Waals surface area contributed by atoms with Gasteiger partial charge in [0.05, 0.1) is 15.7 Å². The summed E-state index contributed by atoms with van der Waals surface area (Å²) >= 11 is 3.29. The number of aromatic nitrogens is 1. The highest BCUT2D eigenvalue weighted by Gasteiger charge is 2.18. The average molecular weight is 340 g/mol. The lowest BCUT2D eigenvalue weighted by Crippen LogP contribution is -2.17. The number of hydrogen-bond acceptors (Lipinski definition) is 5. The molecule has 7 heteroatoms. The fraction of sp³-hybridized carbons (Fsp3) is 0.308. The van der Waals surface area contributed by atoms with E-state index in [0.717, 1.165) is 18.6 Å². The van der Waals surface area contributed by atoms with E-state index in [9.17, 15) is 10.1 Å². The number of pyridine rings is 1. The third-order valence-electron chi connectivity index (χ3n) is 2.87. The van der Waals surface area contributed by atoms with Crippen LogP contribution in [0.3, 0.4) is 0 Å². The van der Waals surface area contributed by atoms with Crippen LogP contribution in [-0.4, -0.2) is 15.9 Å². The number of nitro groups is 1. The van der Waals surface area contributed by atoms with Gasteiger partial charge in [-0.2, -0.15) is 0 Å². The van der Waals surface area contributed by atoms with Crippen molar-refractivity contribution in [2.75, 3.05) is 5.32 Å². The van der Waals surface area contributed by atoms with Crippen molar-refractivity contribution in [2.24, 2.45) is 0 Å². The maximum atomic E-state index is 11.0. The molecule has 0 aliphatic heterocycles. The second-order valence-corrected chi connectivity index (χ2v) is 5.29. The lowest BCUT2D eigenvalue weighted by atomic mass is 10.1. The Labute approximate surface area is 124 Å². The molecular formula is C13H14BrN3O3. The van der Waals surface area contributed by atoms with Crippen LogP contribution in [0.1, 0.15) is 19.1 Å². The first-order chi connectivity index (χ1) is 9.58. The van der Waals surface area contributed by atoms with Gasteiger partial charge in [-0.1, -0.05) is 0 Å². The molecule has 0 saturated heterocycles. The van der Waals surface area contributed by atoms with Crippen molar-refractivity contribution in [3.63, 3.8) is 0 Å². The van der Waals surface area contributed by atoms with Crippen LogP contribution in [0.4, 0.5) is 11.4 Å². The van der Waals surface area contributed by atoms with Gasteiger partial charge in [0.15, 0.2) is 0 Å². The van der Waals surface area contributed by atoms with Crippen LogP contribution in [0.15, 0.2) is 39.7 Å². The molecule has 0 radical (unpaired) electrons. The Morgan fingerprint density at radius 1 is 1.55 bits per heavy atom. The number of hydrogen-bond donors (Lipinski definition) is 1. The molecule has 2 rings (SSSR count). The molecule has 106 valence electrons. The number of halogens is 1. The van der Waals surface area contributed by atoms with E-state index < -0.39 is 4.92 Å². The summed E-state index contributed by atoms with van der Waals surface area (Å²) in [6, 6.07) is 3.83. The zero-order valence-electron chi connectivity index (χ0n) is 10.9. The van der Waals surface area contributed by atoms with Gasteiger partial charge in [0.25, 0.3) is 0 Å². The normalized spacial score (nSPS) is 12.1. The molecule has 0 bridgehead atoms. The van der Waals surface area contributed by atoms with Crippen molar-refractivity contribution >= 4 is 27.3 Å². The highest BCUT2D eigenvalue weighted by Crippen LogP contribution is 2.31. The molecule has 2 heterocycles. The Balaban J connectivity index is 2.03. The predicted molar refractivity (Wildman–Crippen MR) is 78.7 cm³/mol. The van der Waals surface area contributed by atoms with Crippen molar-refractivity contribution < 1.29 is 9.34 Å². The number of anilines is 1. The molecule has 1 N–H and O–H groups in total. The Hall–Kier alpha value is -1.89. The van der Waals surface area contributed by atoms with E-state index in [1.807, 2.05) is 19.1 Å². The first-order valence-electron chi connectivity index (χ1n) is 6.14. The Bertz CT molecular complexity index is 587. The standard InChI is InChI=1S/C13H14BrN3O3/c1-9(4-5-10-3-2-6-20-10)16-13-11(14)7-15-8-12(13)17(18)19/h2-3,6-9H,4-5H2,1H3,(H,15,16). The molecule has 0 fully saturated rings. The van der Waals surface area contributed by atoms with Crippen LogP contribution in [0.25, 0.3) is 0 Å². The summed E-state index contributed by atoms with van der Waals surface area (Å²) in [6.07, 6.45) is 6.00. The summed E-state index contributed by atoms with van der Waals surface area (Å²) in [4.78, 5) is 14.4. The highest BCUT2D eigenvalue weighted by molar-refractivity contribution is 9.10. The van der Waals surface area contributed by atoms with Gasteiger partial charge in [-0.25, -0.2) is 0 Å². The van der Waals surface area contributed by atoms with Gasteiger partial charge < -0.3 is 9.73 Å². The number of furan rings is 1. The Morgan fingerprint density at radius 2 is 2.35 bits per heavy atom. The number of nitrogens with one attached hydrogen (secondary N) is 1. The molecule has 0 spiro atoms. The van der Waals surface area contributed by atoms with Crippen LogP contribution in [0.5, 0.6) is 0 Å². The fourth-order valence-corrected chi connectivity index (χ4v) is 2.27. The van der Waals surface area contributed by atoms with Crippen molar-refractivity contribution in [3.8, 4) is 0 Å². The minimum absolute atomic E-state index is 0.0378. The topological polar surface area (TPSA) is 81.2 Å². The third kappa shape index (κ3) is 3.57. The van der Waals surface area contributed by atoms with Gasteiger partial charge in [0.2, 0.25) is 0 Å². The minimum atomic E-state index is -0.445. The molecule has 20 heavy (non-hydrogen) atoms. The first-order valence-corrected chi connectivity index (χ1v) is 6.94. The van der Waals surface area contributed by atoms with Crippen LogP contribution in [-0.2, 0) is 6.42 Å². The highest BCUT2D eigenvalue weighted by atomic mass is 79.9. The summed E-state index contributed by atoms with van der Waals surface area (Å²) in [6.45, 7) is 1.97. The van der Waals surface area contributed by atoms with Gasteiger partial charge >= 0.3 is 5.69 Å². The zero-order valence-corrected chi connectivity index (χ0v) is 12.5. The monoisotopic (exact) mass is 339 g/mol. The molecule has 0 aliphatic carbocycles. The van der Waals surface area contributed by atoms with E-state index in [-0.39, 0.29) is 11.7 Å². The van der Waals surface area contributed by atoms with Crippen molar-refractivity contribution in [1.82, 2.24) is 4.98 Å². The number of rotatable bonds is 6. The molecule has 0 amide bonds. The van der Waals surface area contributed by atoms with Gasteiger partial charge in [0, 0.05) is 18.7 Å². The summed E-state index contributed by atoms with van der Waals surface area (Å²) in [5.41, 5.74) is 0.418. The summed E-state index contributed by atoms with van der Waals surface area (Å²) in [7, 11) is 0. The maximum Gasteiger partial charge on any atom is 0.311 e. The second-order valence-electron chi connectivity index (χ2n) is 4.44. The molecule has 0 saturated carbocycles. The lowest BCUT2D eigenvalue weighted by Gasteiger charge is -2.15. The van der Waals surface area contributed by atoms with Crippen LogP contribution in [0.2, 0.25) is 0 Å². The van der Waals surface area contributed by atoms with Gasteiger partial charge in [-0.3, -0.25) is 15.1 Å². The molecule has 2 aromatic heterocycles. The number of aryl methyl sites for hydroxylation is 1. The SMILES string of the molecule is CC(CCc1ccco1)Nc1c(Br)cncc1[N+](=O)[O-]. The molecule has 0 aliphatic rings. The third-order valence-corrected chi connectivity index (χ3v) is 3.47. The van der Waals surface area contributed by atoms with Gasteiger partial charge in [-0.05, 0) is 41.4 Å². The number of nitrogens with zero attached hydrogens (tertiary/aromatic N) is 2. The lowest BCUT2D eigenvalue weighted by molar-refractivity contribution is -0.384. The van der Waals surface area contributed by atoms with Crippen molar-refractivity contribution in [3.05, 3.63) is 51.1 Å².